The number of halogens is 1. The number of hydrogen-bond acceptors (Lipinski definition) is 2. The third-order valence-electron chi connectivity index (χ3n) is 4.06. The van der Waals surface area contributed by atoms with Gasteiger partial charge in [-0.2, -0.15) is 0 Å². The van der Waals surface area contributed by atoms with Crippen LogP contribution in [-0.2, 0) is 4.79 Å². The molecule has 0 radical (unpaired) electrons. The molecule has 0 aromatic rings. The fourth-order valence-corrected chi connectivity index (χ4v) is 3.07. The summed E-state index contributed by atoms with van der Waals surface area (Å²) >= 11 is 0. The zero-order valence-corrected chi connectivity index (χ0v) is 11.1. The number of amides is 1. The predicted molar refractivity (Wildman–Crippen MR) is 72.1 cm³/mol. The van der Waals surface area contributed by atoms with Gasteiger partial charge in [0.15, 0.2) is 0 Å². The highest BCUT2D eigenvalue weighted by atomic mass is 35.5. The molecule has 3 unspecified atom stereocenters. The molecule has 1 amide bonds. The van der Waals surface area contributed by atoms with Crippen molar-refractivity contribution in [1.29, 1.82) is 0 Å². The Hall–Kier alpha value is -0.540. The molecular weight excluding hydrogens is 236 g/mol. The van der Waals surface area contributed by atoms with Crippen molar-refractivity contribution in [1.82, 2.24) is 4.90 Å². The van der Waals surface area contributed by atoms with E-state index < -0.39 is 0 Å². The fraction of sp³-hybridized carbons (Fsp3) is 0.769. The summed E-state index contributed by atoms with van der Waals surface area (Å²) in [4.78, 5) is 13.9. The van der Waals surface area contributed by atoms with Crippen LogP contribution in [0.2, 0.25) is 0 Å². The van der Waals surface area contributed by atoms with Crippen LogP contribution in [0, 0.1) is 11.8 Å². The Morgan fingerprint density at radius 2 is 2.18 bits per heavy atom. The standard InChI is InChI=1S/C13H22N2O.ClH/c1-2-3-4-5-13(16)15-8-10-6-7-12(14)11(10)9-15;/h2,10-12H,1,3-9,14H2;1H. The van der Waals surface area contributed by atoms with E-state index in [2.05, 4.69) is 6.58 Å². The zero-order valence-electron chi connectivity index (χ0n) is 10.3. The van der Waals surface area contributed by atoms with Gasteiger partial charge in [0.2, 0.25) is 5.91 Å². The second kappa shape index (κ2) is 6.41. The van der Waals surface area contributed by atoms with Crippen molar-refractivity contribution in [2.24, 2.45) is 17.6 Å². The summed E-state index contributed by atoms with van der Waals surface area (Å²) in [5.74, 6) is 1.56. The molecule has 1 saturated carbocycles. The maximum absolute atomic E-state index is 11.9. The van der Waals surface area contributed by atoms with Gasteiger partial charge in [0.05, 0.1) is 0 Å². The first-order valence-electron chi connectivity index (χ1n) is 6.36. The lowest BCUT2D eigenvalue weighted by molar-refractivity contribution is -0.130. The molecule has 1 aliphatic heterocycles. The van der Waals surface area contributed by atoms with Gasteiger partial charge < -0.3 is 10.6 Å². The third kappa shape index (κ3) is 3.23. The summed E-state index contributed by atoms with van der Waals surface area (Å²) in [6, 6.07) is 0.330. The minimum absolute atomic E-state index is 0. The quantitative estimate of drug-likeness (QED) is 0.619. The molecule has 4 heteroatoms. The van der Waals surface area contributed by atoms with Gasteiger partial charge >= 0.3 is 0 Å². The molecule has 17 heavy (non-hydrogen) atoms. The summed E-state index contributed by atoms with van der Waals surface area (Å²) in [7, 11) is 0. The molecule has 2 rings (SSSR count). The average Bonchev–Trinajstić information content (AvgIpc) is 2.82. The van der Waals surface area contributed by atoms with Crippen molar-refractivity contribution < 1.29 is 4.79 Å². The van der Waals surface area contributed by atoms with Crippen LogP contribution in [0.5, 0.6) is 0 Å². The topological polar surface area (TPSA) is 46.3 Å². The van der Waals surface area contributed by atoms with E-state index in [0.29, 0.717) is 30.2 Å². The average molecular weight is 259 g/mol. The van der Waals surface area contributed by atoms with Gasteiger partial charge in [0.1, 0.15) is 0 Å². The second-order valence-electron chi connectivity index (χ2n) is 5.14. The summed E-state index contributed by atoms with van der Waals surface area (Å²) in [5, 5.41) is 0. The van der Waals surface area contributed by atoms with Crippen LogP contribution >= 0.6 is 12.4 Å². The van der Waals surface area contributed by atoms with E-state index in [-0.39, 0.29) is 12.4 Å². The largest absolute Gasteiger partial charge is 0.342 e. The van der Waals surface area contributed by atoms with Crippen LogP contribution in [0.25, 0.3) is 0 Å². The van der Waals surface area contributed by atoms with Crippen LogP contribution in [0.3, 0.4) is 0 Å². The minimum Gasteiger partial charge on any atom is -0.342 e. The Balaban J connectivity index is 0.00000144. The number of rotatable bonds is 4. The van der Waals surface area contributed by atoms with E-state index in [9.17, 15) is 4.79 Å². The molecule has 3 atom stereocenters. The van der Waals surface area contributed by atoms with Crippen molar-refractivity contribution >= 4 is 18.3 Å². The number of nitrogens with two attached hydrogens (primary N) is 1. The molecule has 3 nitrogen and oxygen atoms in total. The smallest absolute Gasteiger partial charge is 0.222 e. The maximum Gasteiger partial charge on any atom is 0.222 e. The Labute approximate surface area is 110 Å². The van der Waals surface area contributed by atoms with E-state index in [4.69, 9.17) is 5.73 Å². The Bertz CT molecular complexity index is 283. The molecular formula is C13H23ClN2O. The molecule has 2 aliphatic rings. The van der Waals surface area contributed by atoms with Crippen molar-refractivity contribution in [3.05, 3.63) is 12.7 Å². The molecule has 2 fully saturated rings. The van der Waals surface area contributed by atoms with Crippen molar-refractivity contribution in [3.63, 3.8) is 0 Å². The van der Waals surface area contributed by atoms with Crippen molar-refractivity contribution in [3.8, 4) is 0 Å². The number of carbonyl (C=O) groups is 1. The van der Waals surface area contributed by atoms with Gasteiger partial charge in [0, 0.05) is 25.6 Å². The molecule has 1 heterocycles. The van der Waals surface area contributed by atoms with E-state index in [1.165, 1.54) is 6.42 Å². The summed E-state index contributed by atoms with van der Waals surface area (Å²) < 4.78 is 0. The Morgan fingerprint density at radius 1 is 1.41 bits per heavy atom. The van der Waals surface area contributed by atoms with E-state index in [1.807, 2.05) is 11.0 Å². The molecule has 0 bridgehead atoms. The molecule has 0 aromatic heterocycles. The second-order valence-corrected chi connectivity index (χ2v) is 5.14. The number of carbonyl (C=O) groups excluding carboxylic acids is 1. The molecule has 1 saturated heterocycles. The van der Waals surface area contributed by atoms with Gasteiger partial charge in [-0.3, -0.25) is 4.79 Å². The molecule has 1 aliphatic carbocycles. The highest BCUT2D eigenvalue weighted by Gasteiger charge is 2.42. The molecule has 0 aromatic carbocycles. The van der Waals surface area contributed by atoms with Gasteiger partial charge in [-0.1, -0.05) is 6.08 Å². The number of allylic oxidation sites excluding steroid dienone is 1. The lowest BCUT2D eigenvalue weighted by Gasteiger charge is -2.18. The van der Waals surface area contributed by atoms with Gasteiger partial charge in [-0.15, -0.1) is 19.0 Å². The number of nitrogens with zero attached hydrogens (tertiary/aromatic N) is 1. The van der Waals surface area contributed by atoms with Crippen LogP contribution in [-0.4, -0.2) is 29.9 Å². The van der Waals surface area contributed by atoms with E-state index in [0.717, 1.165) is 32.4 Å². The van der Waals surface area contributed by atoms with E-state index >= 15 is 0 Å². The summed E-state index contributed by atoms with van der Waals surface area (Å²) in [6.07, 6.45) is 6.77. The fourth-order valence-electron chi connectivity index (χ4n) is 3.07. The normalized spacial score (nSPS) is 30.9. The SMILES string of the molecule is C=CCCCC(=O)N1CC2CCC(N)C2C1.Cl. The highest BCUT2D eigenvalue weighted by Crippen LogP contribution is 2.37. The number of fused-ring (bicyclic) bond motifs is 1. The van der Waals surface area contributed by atoms with Gasteiger partial charge in [0.25, 0.3) is 0 Å². The first-order valence-corrected chi connectivity index (χ1v) is 6.36. The summed E-state index contributed by atoms with van der Waals surface area (Å²) in [6.45, 7) is 5.52. The molecule has 0 spiro atoms. The third-order valence-corrected chi connectivity index (χ3v) is 4.06. The predicted octanol–water partition coefficient (Wildman–Crippen LogP) is 1.96. The van der Waals surface area contributed by atoms with Gasteiger partial charge in [-0.25, -0.2) is 0 Å². The van der Waals surface area contributed by atoms with Crippen LogP contribution in [0.15, 0.2) is 12.7 Å². The van der Waals surface area contributed by atoms with Crippen molar-refractivity contribution in [2.45, 2.75) is 38.1 Å². The molecule has 98 valence electrons. The first-order chi connectivity index (χ1) is 7.72. The van der Waals surface area contributed by atoms with Crippen LogP contribution in [0.1, 0.15) is 32.1 Å². The van der Waals surface area contributed by atoms with Gasteiger partial charge in [-0.05, 0) is 37.5 Å². The zero-order chi connectivity index (χ0) is 11.5. The summed E-state index contributed by atoms with van der Waals surface area (Å²) in [5.41, 5.74) is 6.05. The lowest BCUT2D eigenvalue weighted by atomic mass is 9.98. The minimum atomic E-state index is 0. The van der Waals surface area contributed by atoms with Crippen molar-refractivity contribution in [2.75, 3.05) is 13.1 Å². The van der Waals surface area contributed by atoms with Crippen LogP contribution < -0.4 is 5.73 Å². The number of hydrogen-bond donors (Lipinski definition) is 1. The van der Waals surface area contributed by atoms with E-state index in [1.54, 1.807) is 0 Å². The highest BCUT2D eigenvalue weighted by molar-refractivity contribution is 5.85. The monoisotopic (exact) mass is 258 g/mol. The number of likely N-dealkylation sites (tertiary alicyclic amines) is 1. The maximum atomic E-state index is 11.9. The lowest BCUT2D eigenvalue weighted by Crippen LogP contribution is -2.33. The number of unbranched alkanes of at least 4 members (excludes halogenated alkanes) is 1. The van der Waals surface area contributed by atoms with Crippen LogP contribution in [0.4, 0.5) is 0 Å². The Morgan fingerprint density at radius 3 is 2.82 bits per heavy atom. The first kappa shape index (κ1) is 14.5. The Kier molecular flexibility index (Phi) is 5.47. The molecule has 2 N–H and O–H groups in total.